The number of amides is 1. The van der Waals surface area contributed by atoms with E-state index in [1.165, 1.54) is 4.68 Å². The molecular formula is C12H11F2N3O. The van der Waals surface area contributed by atoms with Gasteiger partial charge in [0.25, 0.3) is 5.91 Å². The fraction of sp³-hybridized carbons (Fsp3) is 0.167. The summed E-state index contributed by atoms with van der Waals surface area (Å²) in [6, 6.07) is 4.36. The van der Waals surface area contributed by atoms with Gasteiger partial charge >= 0.3 is 0 Å². The van der Waals surface area contributed by atoms with Crippen molar-refractivity contribution in [3.05, 3.63) is 47.2 Å². The number of rotatable bonds is 2. The summed E-state index contributed by atoms with van der Waals surface area (Å²) in [6.45, 7) is 1.76. The van der Waals surface area contributed by atoms with E-state index in [1.54, 1.807) is 20.0 Å². The zero-order valence-corrected chi connectivity index (χ0v) is 9.87. The smallest absolute Gasteiger partial charge is 0.259 e. The summed E-state index contributed by atoms with van der Waals surface area (Å²) in [5.41, 5.74) is 0.376. The SMILES string of the molecule is Cc1cc(NC(=O)c2cc(F)ccc2F)n(C)n1. The Bertz CT molecular complexity index is 607. The predicted molar refractivity (Wildman–Crippen MR) is 62.3 cm³/mol. The highest BCUT2D eigenvalue weighted by Crippen LogP contribution is 2.14. The van der Waals surface area contributed by atoms with E-state index in [0.29, 0.717) is 11.5 Å². The average Bonchev–Trinajstić information content (AvgIpc) is 2.61. The van der Waals surface area contributed by atoms with Crippen LogP contribution in [0.2, 0.25) is 0 Å². The monoisotopic (exact) mass is 251 g/mol. The molecule has 2 aromatic rings. The molecule has 2 rings (SSSR count). The average molecular weight is 251 g/mol. The van der Waals surface area contributed by atoms with Crippen molar-refractivity contribution in [3.8, 4) is 0 Å². The quantitative estimate of drug-likeness (QED) is 0.889. The number of nitrogens with one attached hydrogen (secondary N) is 1. The molecule has 94 valence electrons. The number of aryl methyl sites for hydroxylation is 2. The largest absolute Gasteiger partial charge is 0.307 e. The third-order valence-corrected chi connectivity index (χ3v) is 2.42. The molecule has 0 unspecified atom stereocenters. The summed E-state index contributed by atoms with van der Waals surface area (Å²) in [5.74, 6) is -1.73. The Morgan fingerprint density at radius 3 is 2.67 bits per heavy atom. The van der Waals surface area contributed by atoms with Gasteiger partial charge in [-0.2, -0.15) is 5.10 Å². The molecular weight excluding hydrogens is 240 g/mol. The number of nitrogens with zero attached hydrogens (tertiary/aromatic N) is 2. The van der Waals surface area contributed by atoms with Crippen LogP contribution >= 0.6 is 0 Å². The fourth-order valence-corrected chi connectivity index (χ4v) is 1.58. The van der Waals surface area contributed by atoms with Crippen LogP contribution in [0.3, 0.4) is 0 Å². The van der Waals surface area contributed by atoms with Gasteiger partial charge in [-0.05, 0) is 25.1 Å². The molecule has 0 radical (unpaired) electrons. The fourth-order valence-electron chi connectivity index (χ4n) is 1.58. The molecule has 0 aliphatic carbocycles. The number of carbonyl (C=O) groups is 1. The number of benzene rings is 1. The van der Waals surface area contributed by atoms with E-state index < -0.39 is 17.5 Å². The van der Waals surface area contributed by atoms with Crippen LogP contribution in [0.25, 0.3) is 0 Å². The Morgan fingerprint density at radius 1 is 1.33 bits per heavy atom. The van der Waals surface area contributed by atoms with Gasteiger partial charge in [0, 0.05) is 13.1 Å². The first-order valence-corrected chi connectivity index (χ1v) is 5.24. The highest BCUT2D eigenvalue weighted by atomic mass is 19.1. The number of carbonyl (C=O) groups excluding carboxylic acids is 1. The van der Waals surface area contributed by atoms with Crippen molar-refractivity contribution in [2.24, 2.45) is 7.05 Å². The van der Waals surface area contributed by atoms with Gasteiger partial charge in [-0.3, -0.25) is 9.48 Å². The van der Waals surface area contributed by atoms with Crippen LogP contribution in [0.15, 0.2) is 24.3 Å². The summed E-state index contributed by atoms with van der Waals surface area (Å²) in [5, 5.41) is 6.50. The number of anilines is 1. The maximum atomic E-state index is 13.4. The van der Waals surface area contributed by atoms with Crippen molar-refractivity contribution >= 4 is 11.7 Å². The van der Waals surface area contributed by atoms with Crippen LogP contribution in [0.1, 0.15) is 16.1 Å². The van der Waals surface area contributed by atoms with E-state index in [1.807, 2.05) is 0 Å². The van der Waals surface area contributed by atoms with E-state index in [0.717, 1.165) is 18.2 Å². The third-order valence-electron chi connectivity index (χ3n) is 2.42. The first kappa shape index (κ1) is 12.2. The molecule has 4 nitrogen and oxygen atoms in total. The maximum absolute atomic E-state index is 13.4. The molecule has 0 spiro atoms. The summed E-state index contributed by atoms with van der Waals surface area (Å²) < 4.78 is 27.8. The summed E-state index contributed by atoms with van der Waals surface area (Å²) in [6.07, 6.45) is 0. The maximum Gasteiger partial charge on any atom is 0.259 e. The molecule has 6 heteroatoms. The lowest BCUT2D eigenvalue weighted by Crippen LogP contribution is -2.16. The lowest BCUT2D eigenvalue weighted by molar-refractivity contribution is 0.102. The Kier molecular flexibility index (Phi) is 3.10. The van der Waals surface area contributed by atoms with E-state index >= 15 is 0 Å². The second-order valence-corrected chi connectivity index (χ2v) is 3.87. The number of hydrogen-bond acceptors (Lipinski definition) is 2. The van der Waals surface area contributed by atoms with Gasteiger partial charge in [0.15, 0.2) is 0 Å². The molecule has 0 bridgehead atoms. The van der Waals surface area contributed by atoms with Crippen molar-refractivity contribution < 1.29 is 13.6 Å². The van der Waals surface area contributed by atoms with Gasteiger partial charge in [0.2, 0.25) is 0 Å². The predicted octanol–water partition coefficient (Wildman–Crippen LogP) is 2.26. The zero-order chi connectivity index (χ0) is 13.3. The standard InChI is InChI=1S/C12H11F2N3O/c1-7-5-11(17(2)16-7)15-12(18)9-6-8(13)3-4-10(9)14/h3-6H,1-2H3,(H,15,18). The van der Waals surface area contributed by atoms with Crippen LogP contribution in [-0.2, 0) is 7.05 Å². The molecule has 0 saturated carbocycles. The molecule has 1 N–H and O–H groups in total. The summed E-state index contributed by atoms with van der Waals surface area (Å²) in [7, 11) is 1.64. The second-order valence-electron chi connectivity index (χ2n) is 3.87. The van der Waals surface area contributed by atoms with Gasteiger partial charge in [-0.15, -0.1) is 0 Å². The Balaban J connectivity index is 2.27. The first-order valence-electron chi connectivity index (χ1n) is 5.24. The van der Waals surface area contributed by atoms with Crippen molar-refractivity contribution in [1.29, 1.82) is 0 Å². The van der Waals surface area contributed by atoms with Crippen LogP contribution in [0.4, 0.5) is 14.6 Å². The Labute approximate surface area is 102 Å². The number of aromatic nitrogens is 2. The van der Waals surface area contributed by atoms with E-state index in [9.17, 15) is 13.6 Å². The van der Waals surface area contributed by atoms with Gasteiger partial charge in [0.05, 0.1) is 11.3 Å². The van der Waals surface area contributed by atoms with E-state index in [4.69, 9.17) is 0 Å². The minimum absolute atomic E-state index is 0.339. The molecule has 0 aliphatic heterocycles. The van der Waals surface area contributed by atoms with Crippen LogP contribution in [-0.4, -0.2) is 15.7 Å². The molecule has 1 amide bonds. The van der Waals surface area contributed by atoms with E-state index in [-0.39, 0.29) is 5.56 Å². The number of hydrogen-bond donors (Lipinski definition) is 1. The summed E-state index contributed by atoms with van der Waals surface area (Å²) in [4.78, 5) is 11.8. The molecule has 1 aromatic carbocycles. The molecule has 0 saturated heterocycles. The van der Waals surface area contributed by atoms with Crippen molar-refractivity contribution in [1.82, 2.24) is 9.78 Å². The van der Waals surface area contributed by atoms with Crippen molar-refractivity contribution in [2.45, 2.75) is 6.92 Å². The highest BCUT2D eigenvalue weighted by molar-refractivity contribution is 6.04. The van der Waals surface area contributed by atoms with Crippen molar-refractivity contribution in [3.63, 3.8) is 0 Å². The Morgan fingerprint density at radius 2 is 2.06 bits per heavy atom. The van der Waals surface area contributed by atoms with Gasteiger partial charge < -0.3 is 5.32 Å². The van der Waals surface area contributed by atoms with Gasteiger partial charge in [-0.1, -0.05) is 0 Å². The summed E-state index contributed by atoms with van der Waals surface area (Å²) >= 11 is 0. The van der Waals surface area contributed by atoms with Crippen LogP contribution in [0.5, 0.6) is 0 Å². The first-order chi connectivity index (χ1) is 8.47. The molecule has 0 fully saturated rings. The van der Waals surface area contributed by atoms with Crippen molar-refractivity contribution in [2.75, 3.05) is 5.32 Å². The number of halogens is 2. The molecule has 1 heterocycles. The molecule has 1 aromatic heterocycles. The Hall–Kier alpha value is -2.24. The molecule has 0 aliphatic rings. The van der Waals surface area contributed by atoms with Gasteiger partial charge in [0.1, 0.15) is 17.5 Å². The zero-order valence-electron chi connectivity index (χ0n) is 9.87. The minimum atomic E-state index is -0.771. The van der Waals surface area contributed by atoms with Gasteiger partial charge in [-0.25, -0.2) is 8.78 Å². The normalized spacial score (nSPS) is 10.4. The highest BCUT2D eigenvalue weighted by Gasteiger charge is 2.14. The molecule has 18 heavy (non-hydrogen) atoms. The van der Waals surface area contributed by atoms with Crippen LogP contribution < -0.4 is 5.32 Å². The third kappa shape index (κ3) is 2.37. The lowest BCUT2D eigenvalue weighted by Gasteiger charge is -2.06. The topological polar surface area (TPSA) is 46.9 Å². The van der Waals surface area contributed by atoms with E-state index in [2.05, 4.69) is 10.4 Å². The minimum Gasteiger partial charge on any atom is -0.307 e. The van der Waals surface area contributed by atoms with Crippen LogP contribution in [0, 0.1) is 18.6 Å². The second kappa shape index (κ2) is 4.56. The molecule has 0 atom stereocenters. The lowest BCUT2D eigenvalue weighted by atomic mass is 10.2.